The Morgan fingerprint density at radius 2 is 1.17 bits per heavy atom. The maximum absolute atomic E-state index is 11.5. The van der Waals surface area contributed by atoms with Gasteiger partial charge < -0.3 is 20.8 Å². The number of carboxylic acids is 2. The van der Waals surface area contributed by atoms with Gasteiger partial charge in [0.05, 0.1) is 12.8 Å². The summed E-state index contributed by atoms with van der Waals surface area (Å²) in [6.07, 6.45) is 3.56. The first-order valence-corrected chi connectivity index (χ1v) is 8.33. The van der Waals surface area contributed by atoms with Gasteiger partial charge in [-0.05, 0) is 31.1 Å². The second kappa shape index (κ2) is 10.6. The number of hydrogen-bond donors (Lipinski definition) is 4. The molecule has 0 bridgehead atoms. The fourth-order valence-electron chi connectivity index (χ4n) is 2.91. The Bertz CT molecular complexity index is 425. The first-order chi connectivity index (χ1) is 11.4. The standard InChI is InChI=1S/C16H26N2O6/c19-13(4-6-15(21)22)17-9-11-2-1-3-12(8-11)10-18-14(20)5-7-16(23)24/h11-12H,1-10H2,(H,17,19)(H,18,20)(H,21,22)(H,23,24)/t11-,12-/m1/s1. The average Bonchev–Trinajstić information content (AvgIpc) is 2.54. The van der Waals surface area contributed by atoms with Crippen LogP contribution in [0.1, 0.15) is 51.4 Å². The monoisotopic (exact) mass is 342 g/mol. The van der Waals surface area contributed by atoms with Gasteiger partial charge in [0, 0.05) is 25.9 Å². The van der Waals surface area contributed by atoms with Crippen LogP contribution >= 0.6 is 0 Å². The van der Waals surface area contributed by atoms with Crippen molar-refractivity contribution in [3.8, 4) is 0 Å². The highest BCUT2D eigenvalue weighted by molar-refractivity contribution is 5.81. The molecule has 0 aliphatic heterocycles. The van der Waals surface area contributed by atoms with Gasteiger partial charge in [0.2, 0.25) is 11.8 Å². The number of amides is 2. The normalized spacial score (nSPS) is 20.2. The number of aliphatic carboxylic acids is 2. The Labute approximate surface area is 141 Å². The molecule has 24 heavy (non-hydrogen) atoms. The van der Waals surface area contributed by atoms with Gasteiger partial charge in [-0.15, -0.1) is 0 Å². The van der Waals surface area contributed by atoms with Crippen LogP contribution in [0.4, 0.5) is 0 Å². The number of rotatable bonds is 10. The lowest BCUT2D eigenvalue weighted by Gasteiger charge is -2.29. The molecule has 1 aliphatic carbocycles. The van der Waals surface area contributed by atoms with Crippen molar-refractivity contribution in [1.29, 1.82) is 0 Å². The van der Waals surface area contributed by atoms with Crippen LogP contribution in [0.25, 0.3) is 0 Å². The predicted octanol–water partition coefficient (Wildman–Crippen LogP) is 0.755. The minimum atomic E-state index is -0.985. The second-order valence-electron chi connectivity index (χ2n) is 6.29. The van der Waals surface area contributed by atoms with Crippen LogP contribution < -0.4 is 10.6 Å². The number of carbonyl (C=O) groups is 4. The lowest BCUT2D eigenvalue weighted by Crippen LogP contribution is -2.35. The van der Waals surface area contributed by atoms with Gasteiger partial charge in [0.15, 0.2) is 0 Å². The van der Waals surface area contributed by atoms with E-state index in [1.54, 1.807) is 0 Å². The van der Waals surface area contributed by atoms with Gasteiger partial charge >= 0.3 is 11.9 Å². The third kappa shape index (κ3) is 9.12. The van der Waals surface area contributed by atoms with Crippen LogP contribution in [0.15, 0.2) is 0 Å². The van der Waals surface area contributed by atoms with E-state index in [2.05, 4.69) is 10.6 Å². The fourth-order valence-corrected chi connectivity index (χ4v) is 2.91. The highest BCUT2D eigenvalue weighted by Gasteiger charge is 2.23. The van der Waals surface area contributed by atoms with Crippen molar-refractivity contribution in [1.82, 2.24) is 10.6 Å². The number of nitrogens with one attached hydrogen (secondary N) is 2. The first kappa shape index (κ1) is 19.9. The van der Waals surface area contributed by atoms with Crippen LogP contribution in [0.5, 0.6) is 0 Å². The molecular weight excluding hydrogens is 316 g/mol. The van der Waals surface area contributed by atoms with Crippen molar-refractivity contribution < 1.29 is 29.4 Å². The Kier molecular flexibility index (Phi) is 8.81. The first-order valence-electron chi connectivity index (χ1n) is 8.33. The molecule has 0 aromatic rings. The molecule has 8 nitrogen and oxygen atoms in total. The summed E-state index contributed by atoms with van der Waals surface area (Å²) >= 11 is 0. The Morgan fingerprint density at radius 3 is 1.54 bits per heavy atom. The summed E-state index contributed by atoms with van der Waals surface area (Å²) in [4.78, 5) is 43.9. The third-order valence-electron chi connectivity index (χ3n) is 4.20. The molecular formula is C16H26N2O6. The van der Waals surface area contributed by atoms with Gasteiger partial charge in [-0.1, -0.05) is 6.42 Å². The number of carbonyl (C=O) groups excluding carboxylic acids is 2. The summed E-state index contributed by atoms with van der Waals surface area (Å²) in [6.45, 7) is 1.06. The predicted molar refractivity (Wildman–Crippen MR) is 85.2 cm³/mol. The lowest BCUT2D eigenvalue weighted by atomic mass is 9.81. The van der Waals surface area contributed by atoms with E-state index in [9.17, 15) is 19.2 Å². The molecule has 0 radical (unpaired) electrons. The van der Waals surface area contributed by atoms with Gasteiger partial charge in [0.1, 0.15) is 0 Å². The Morgan fingerprint density at radius 1 is 0.750 bits per heavy atom. The molecule has 0 aromatic carbocycles. The number of carboxylic acid groups (broad SMARTS) is 2. The van der Waals surface area contributed by atoms with Crippen LogP contribution in [0, 0.1) is 11.8 Å². The summed E-state index contributed by atoms with van der Waals surface area (Å²) in [5, 5.41) is 22.6. The van der Waals surface area contributed by atoms with Crippen molar-refractivity contribution in [2.75, 3.05) is 13.1 Å². The summed E-state index contributed by atoms with van der Waals surface area (Å²) in [7, 11) is 0. The Hall–Kier alpha value is -2.12. The van der Waals surface area contributed by atoms with Gasteiger partial charge in [0.25, 0.3) is 0 Å². The van der Waals surface area contributed by atoms with Crippen LogP contribution in [-0.2, 0) is 19.2 Å². The largest absolute Gasteiger partial charge is 0.481 e. The fraction of sp³-hybridized carbons (Fsp3) is 0.750. The van der Waals surface area contributed by atoms with E-state index in [4.69, 9.17) is 10.2 Å². The minimum absolute atomic E-state index is 0.00881. The van der Waals surface area contributed by atoms with Gasteiger partial charge in [-0.3, -0.25) is 19.2 Å². The summed E-state index contributed by atoms with van der Waals surface area (Å²) < 4.78 is 0. The molecule has 1 fully saturated rings. The van der Waals surface area contributed by atoms with Crippen LogP contribution in [0.2, 0.25) is 0 Å². The smallest absolute Gasteiger partial charge is 0.303 e. The molecule has 0 heterocycles. The third-order valence-corrected chi connectivity index (χ3v) is 4.20. The van der Waals surface area contributed by atoms with E-state index >= 15 is 0 Å². The molecule has 4 N–H and O–H groups in total. The molecule has 2 atom stereocenters. The van der Waals surface area contributed by atoms with E-state index in [-0.39, 0.29) is 37.5 Å². The topological polar surface area (TPSA) is 133 Å². The highest BCUT2D eigenvalue weighted by Crippen LogP contribution is 2.28. The molecule has 1 aliphatic rings. The summed E-state index contributed by atoms with van der Waals surface area (Å²) in [5.74, 6) is -1.81. The quantitative estimate of drug-likeness (QED) is 0.463. The zero-order chi connectivity index (χ0) is 17.9. The van der Waals surface area contributed by atoms with Crippen LogP contribution in [-0.4, -0.2) is 47.1 Å². The minimum Gasteiger partial charge on any atom is -0.481 e. The van der Waals surface area contributed by atoms with E-state index in [1.165, 1.54) is 0 Å². The second-order valence-corrected chi connectivity index (χ2v) is 6.29. The molecule has 0 saturated heterocycles. The lowest BCUT2D eigenvalue weighted by molar-refractivity contribution is -0.139. The van der Waals surface area contributed by atoms with Gasteiger partial charge in [-0.2, -0.15) is 0 Å². The maximum atomic E-state index is 11.5. The highest BCUT2D eigenvalue weighted by atomic mass is 16.4. The molecule has 8 heteroatoms. The van der Waals surface area contributed by atoms with Gasteiger partial charge in [-0.25, -0.2) is 0 Å². The Balaban J connectivity index is 2.21. The van der Waals surface area contributed by atoms with Crippen molar-refractivity contribution >= 4 is 23.8 Å². The average molecular weight is 342 g/mol. The van der Waals surface area contributed by atoms with Crippen molar-refractivity contribution in [2.45, 2.75) is 51.4 Å². The van der Waals surface area contributed by atoms with Crippen molar-refractivity contribution in [3.05, 3.63) is 0 Å². The van der Waals surface area contributed by atoms with E-state index in [0.717, 1.165) is 25.7 Å². The number of hydrogen-bond acceptors (Lipinski definition) is 4. The molecule has 1 rings (SSSR count). The summed E-state index contributed by atoms with van der Waals surface area (Å²) in [5.41, 5.74) is 0. The maximum Gasteiger partial charge on any atom is 0.303 e. The van der Waals surface area contributed by atoms with E-state index in [0.29, 0.717) is 24.9 Å². The molecule has 0 unspecified atom stereocenters. The van der Waals surface area contributed by atoms with E-state index in [1.807, 2.05) is 0 Å². The summed E-state index contributed by atoms with van der Waals surface area (Å²) in [6, 6.07) is 0. The zero-order valence-corrected chi connectivity index (χ0v) is 13.8. The molecule has 1 saturated carbocycles. The van der Waals surface area contributed by atoms with Crippen LogP contribution in [0.3, 0.4) is 0 Å². The SMILES string of the molecule is O=C(O)CCC(=O)NC[C@@H]1CCC[C@@H](CNC(=O)CCC(=O)O)C1. The molecule has 0 aromatic heterocycles. The molecule has 136 valence electrons. The zero-order valence-electron chi connectivity index (χ0n) is 13.8. The molecule has 2 amide bonds. The van der Waals surface area contributed by atoms with Crippen molar-refractivity contribution in [2.24, 2.45) is 11.8 Å². The van der Waals surface area contributed by atoms with Crippen molar-refractivity contribution in [3.63, 3.8) is 0 Å². The van der Waals surface area contributed by atoms with E-state index < -0.39 is 11.9 Å². The molecule has 0 spiro atoms.